The number of ether oxygens (including phenoxy) is 1. The fraction of sp³-hybridized carbons (Fsp3) is 0.250. The lowest BCUT2D eigenvalue weighted by Gasteiger charge is -2.26. The molecule has 2 amide bonds. The standard InChI is InChI=1S/C20H22N2O4/c1-14(2)22(13-15-8-5-4-6-9-15)19(24)18(23)21-17-11-7-10-16(12-17)20(25)26-3/h4-12,14H,13H2,1-3H3,(H,21,23). The molecule has 0 unspecified atom stereocenters. The van der Waals surface area contributed by atoms with E-state index in [0.717, 1.165) is 5.56 Å². The molecule has 0 spiro atoms. The summed E-state index contributed by atoms with van der Waals surface area (Å²) >= 11 is 0. The van der Waals surface area contributed by atoms with Crippen molar-refractivity contribution >= 4 is 23.5 Å². The van der Waals surface area contributed by atoms with Crippen LogP contribution in [-0.4, -0.2) is 35.8 Å². The number of nitrogens with one attached hydrogen (secondary N) is 1. The molecule has 26 heavy (non-hydrogen) atoms. The second-order valence-electron chi connectivity index (χ2n) is 6.04. The molecule has 2 aromatic carbocycles. The van der Waals surface area contributed by atoms with Gasteiger partial charge < -0.3 is 15.0 Å². The maximum absolute atomic E-state index is 12.6. The van der Waals surface area contributed by atoms with Crippen LogP contribution in [0.15, 0.2) is 54.6 Å². The molecule has 0 atom stereocenters. The molecule has 2 rings (SSSR count). The maximum Gasteiger partial charge on any atom is 0.337 e. The molecule has 0 aliphatic rings. The van der Waals surface area contributed by atoms with E-state index < -0.39 is 17.8 Å². The molecular formula is C20H22N2O4. The largest absolute Gasteiger partial charge is 0.465 e. The molecule has 6 heteroatoms. The van der Waals surface area contributed by atoms with Crippen molar-refractivity contribution < 1.29 is 19.1 Å². The minimum atomic E-state index is -0.753. The second-order valence-corrected chi connectivity index (χ2v) is 6.04. The summed E-state index contributed by atoms with van der Waals surface area (Å²) in [6.45, 7) is 4.05. The lowest BCUT2D eigenvalue weighted by molar-refractivity contribution is -0.144. The molecule has 0 aromatic heterocycles. The highest BCUT2D eigenvalue weighted by molar-refractivity contribution is 6.39. The quantitative estimate of drug-likeness (QED) is 0.662. The molecule has 6 nitrogen and oxygen atoms in total. The van der Waals surface area contributed by atoms with Crippen molar-refractivity contribution in [2.45, 2.75) is 26.4 Å². The first-order chi connectivity index (χ1) is 12.4. The van der Waals surface area contributed by atoms with Crippen molar-refractivity contribution in [3.8, 4) is 0 Å². The van der Waals surface area contributed by atoms with Crippen LogP contribution in [0.3, 0.4) is 0 Å². The molecule has 0 heterocycles. The van der Waals surface area contributed by atoms with Gasteiger partial charge in [0.1, 0.15) is 0 Å². The number of carbonyl (C=O) groups is 3. The summed E-state index contributed by atoms with van der Waals surface area (Å²) in [7, 11) is 1.28. The number of methoxy groups -OCH3 is 1. The molecule has 2 aromatic rings. The molecule has 136 valence electrons. The molecule has 0 aliphatic heterocycles. The SMILES string of the molecule is COC(=O)c1cccc(NC(=O)C(=O)N(Cc2ccccc2)C(C)C)c1. The fourth-order valence-electron chi connectivity index (χ4n) is 2.43. The van der Waals surface area contributed by atoms with Gasteiger partial charge in [-0.05, 0) is 37.6 Å². The first kappa shape index (κ1) is 19.2. The van der Waals surface area contributed by atoms with E-state index in [0.29, 0.717) is 17.8 Å². The Balaban J connectivity index is 2.11. The summed E-state index contributed by atoms with van der Waals surface area (Å²) in [5.41, 5.74) is 1.59. The number of hydrogen-bond acceptors (Lipinski definition) is 4. The second kappa shape index (κ2) is 8.80. The summed E-state index contributed by atoms with van der Waals surface area (Å²) < 4.78 is 4.65. The first-order valence-corrected chi connectivity index (χ1v) is 8.26. The third kappa shape index (κ3) is 4.92. The van der Waals surface area contributed by atoms with E-state index in [9.17, 15) is 14.4 Å². The van der Waals surface area contributed by atoms with Gasteiger partial charge in [0.05, 0.1) is 12.7 Å². The van der Waals surface area contributed by atoms with Crippen LogP contribution >= 0.6 is 0 Å². The van der Waals surface area contributed by atoms with Crippen molar-refractivity contribution in [3.05, 3.63) is 65.7 Å². The third-order valence-electron chi connectivity index (χ3n) is 3.82. The fourth-order valence-corrected chi connectivity index (χ4v) is 2.43. The zero-order chi connectivity index (χ0) is 19.1. The summed E-state index contributed by atoms with van der Waals surface area (Å²) in [6.07, 6.45) is 0. The van der Waals surface area contributed by atoms with E-state index in [4.69, 9.17) is 0 Å². The summed E-state index contributed by atoms with van der Waals surface area (Å²) in [4.78, 5) is 38.0. The number of amides is 2. The third-order valence-corrected chi connectivity index (χ3v) is 3.82. The Hall–Kier alpha value is -3.15. The highest BCUT2D eigenvalue weighted by Crippen LogP contribution is 2.13. The van der Waals surface area contributed by atoms with Gasteiger partial charge in [-0.3, -0.25) is 9.59 Å². The number of esters is 1. The van der Waals surface area contributed by atoms with Crippen LogP contribution in [0, 0.1) is 0 Å². The first-order valence-electron chi connectivity index (χ1n) is 8.26. The van der Waals surface area contributed by atoms with Crippen molar-refractivity contribution in [1.82, 2.24) is 4.90 Å². The van der Waals surface area contributed by atoms with Crippen LogP contribution in [0.4, 0.5) is 5.69 Å². The zero-order valence-electron chi connectivity index (χ0n) is 15.1. The van der Waals surface area contributed by atoms with Gasteiger partial charge >= 0.3 is 17.8 Å². The minimum Gasteiger partial charge on any atom is -0.465 e. The van der Waals surface area contributed by atoms with Gasteiger partial charge in [0.25, 0.3) is 0 Å². The van der Waals surface area contributed by atoms with E-state index in [2.05, 4.69) is 10.1 Å². The Morgan fingerprint density at radius 1 is 1.04 bits per heavy atom. The smallest absolute Gasteiger partial charge is 0.337 e. The number of anilines is 1. The zero-order valence-corrected chi connectivity index (χ0v) is 15.1. The Morgan fingerprint density at radius 3 is 2.35 bits per heavy atom. The van der Waals surface area contributed by atoms with Gasteiger partial charge in [-0.25, -0.2) is 4.79 Å². The predicted molar refractivity (Wildman–Crippen MR) is 98.5 cm³/mol. The van der Waals surface area contributed by atoms with Crippen LogP contribution < -0.4 is 5.32 Å². The van der Waals surface area contributed by atoms with E-state index in [1.165, 1.54) is 18.1 Å². The van der Waals surface area contributed by atoms with Crippen molar-refractivity contribution in [2.24, 2.45) is 0 Å². The van der Waals surface area contributed by atoms with Crippen molar-refractivity contribution in [1.29, 1.82) is 0 Å². The summed E-state index contributed by atoms with van der Waals surface area (Å²) in [5.74, 6) is -1.90. The topological polar surface area (TPSA) is 75.7 Å². The molecular weight excluding hydrogens is 332 g/mol. The highest BCUT2D eigenvalue weighted by atomic mass is 16.5. The van der Waals surface area contributed by atoms with Crippen LogP contribution in [0.2, 0.25) is 0 Å². The Kier molecular flexibility index (Phi) is 6.49. The van der Waals surface area contributed by atoms with Crippen LogP contribution in [-0.2, 0) is 20.9 Å². The number of nitrogens with zero attached hydrogens (tertiary/aromatic N) is 1. The average molecular weight is 354 g/mol. The number of carbonyl (C=O) groups excluding carboxylic acids is 3. The lowest BCUT2D eigenvalue weighted by atomic mass is 10.1. The average Bonchev–Trinajstić information content (AvgIpc) is 2.65. The van der Waals surface area contributed by atoms with Crippen LogP contribution in [0.1, 0.15) is 29.8 Å². The number of hydrogen-bond donors (Lipinski definition) is 1. The monoisotopic (exact) mass is 354 g/mol. The van der Waals surface area contributed by atoms with Gasteiger partial charge in [0.15, 0.2) is 0 Å². The molecule has 0 saturated carbocycles. The minimum absolute atomic E-state index is 0.144. The lowest BCUT2D eigenvalue weighted by Crippen LogP contribution is -2.43. The Labute approximate surface area is 152 Å². The van der Waals surface area contributed by atoms with Gasteiger partial charge in [-0.1, -0.05) is 36.4 Å². The molecule has 0 fully saturated rings. The molecule has 0 radical (unpaired) electrons. The van der Waals surface area contributed by atoms with Gasteiger partial charge in [-0.2, -0.15) is 0 Å². The Bertz CT molecular complexity index is 787. The maximum atomic E-state index is 12.6. The van der Waals surface area contributed by atoms with E-state index in [1.54, 1.807) is 18.2 Å². The van der Waals surface area contributed by atoms with Gasteiger partial charge in [-0.15, -0.1) is 0 Å². The van der Waals surface area contributed by atoms with Gasteiger partial charge in [0, 0.05) is 18.3 Å². The predicted octanol–water partition coefficient (Wildman–Crippen LogP) is 2.85. The van der Waals surface area contributed by atoms with E-state index in [-0.39, 0.29) is 6.04 Å². The normalized spacial score (nSPS) is 10.3. The van der Waals surface area contributed by atoms with E-state index in [1.807, 2.05) is 44.2 Å². The van der Waals surface area contributed by atoms with Crippen LogP contribution in [0.5, 0.6) is 0 Å². The van der Waals surface area contributed by atoms with E-state index >= 15 is 0 Å². The molecule has 0 saturated heterocycles. The molecule has 0 bridgehead atoms. The van der Waals surface area contributed by atoms with Crippen molar-refractivity contribution in [3.63, 3.8) is 0 Å². The van der Waals surface area contributed by atoms with Gasteiger partial charge in [0.2, 0.25) is 0 Å². The molecule has 0 aliphatic carbocycles. The van der Waals surface area contributed by atoms with Crippen LogP contribution in [0.25, 0.3) is 0 Å². The Morgan fingerprint density at radius 2 is 1.73 bits per heavy atom. The summed E-state index contributed by atoms with van der Waals surface area (Å²) in [5, 5.41) is 2.54. The number of benzene rings is 2. The summed E-state index contributed by atoms with van der Waals surface area (Å²) in [6, 6.07) is 15.6. The highest BCUT2D eigenvalue weighted by Gasteiger charge is 2.24. The number of rotatable bonds is 5. The molecule has 1 N–H and O–H groups in total. The van der Waals surface area contributed by atoms with Crippen molar-refractivity contribution in [2.75, 3.05) is 12.4 Å².